The Bertz CT molecular complexity index is 4830. The molecule has 0 N–H and O–H groups in total. The van der Waals surface area contributed by atoms with E-state index in [1.54, 1.807) is 0 Å². The number of benzene rings is 14. The average Bonchev–Trinajstić information content (AvgIpc) is 4.18. The molecule has 3 heteroatoms. The van der Waals surface area contributed by atoms with Crippen molar-refractivity contribution in [1.82, 2.24) is 4.57 Å². The quantitative estimate of drug-likeness (QED) is 0.134. The Morgan fingerprint density at radius 1 is 0.275 bits per heavy atom. The van der Waals surface area contributed by atoms with Crippen LogP contribution in [0.5, 0.6) is 0 Å². The van der Waals surface area contributed by atoms with E-state index in [1.165, 1.54) is 115 Å². The van der Waals surface area contributed by atoms with Crippen LogP contribution in [0.15, 0.2) is 285 Å². The molecule has 0 unspecified atom stereocenters. The Morgan fingerprint density at radius 3 is 1.46 bits per heavy atom. The van der Waals surface area contributed by atoms with Gasteiger partial charge in [-0.05, 0) is 197 Å². The molecule has 0 fully saturated rings. The Morgan fingerprint density at radius 2 is 0.762 bits per heavy atom. The van der Waals surface area contributed by atoms with Crippen molar-refractivity contribution in [3.63, 3.8) is 0 Å². The van der Waals surface area contributed by atoms with Gasteiger partial charge in [-0.1, -0.05) is 190 Å². The van der Waals surface area contributed by atoms with Gasteiger partial charge in [0.1, 0.15) is 0 Å². The second kappa shape index (κ2) is 17.9. The Labute approximate surface area is 465 Å². The summed E-state index contributed by atoms with van der Waals surface area (Å²) >= 11 is 0. The molecule has 3 nitrogen and oxygen atoms in total. The fourth-order valence-corrected chi connectivity index (χ4v) is 13.4. The summed E-state index contributed by atoms with van der Waals surface area (Å²) in [7, 11) is 0. The highest BCUT2D eigenvalue weighted by Crippen LogP contribution is 2.53. The molecule has 14 aromatic carbocycles. The number of hydrogen-bond acceptors (Lipinski definition) is 2. The lowest BCUT2D eigenvalue weighted by atomic mass is 9.81. The maximum absolute atomic E-state index is 2.49. The molecule has 1 heterocycles. The molecule has 1 aromatic heterocycles. The molecule has 0 amide bonds. The number of rotatable bonds is 9. The molecule has 0 radical (unpaired) electrons. The second-order valence-corrected chi connectivity index (χ2v) is 22.1. The summed E-state index contributed by atoms with van der Waals surface area (Å²) in [6.07, 6.45) is 0. The predicted molar refractivity (Wildman–Crippen MR) is 340 cm³/mol. The summed E-state index contributed by atoms with van der Waals surface area (Å²) in [4.78, 5) is 4.73. The fraction of sp³-hybridized carbons (Fsp3) is 0.0390. The van der Waals surface area contributed by atoms with Crippen LogP contribution >= 0.6 is 0 Å². The zero-order valence-corrected chi connectivity index (χ0v) is 44.5. The van der Waals surface area contributed by atoms with Gasteiger partial charge in [0.25, 0.3) is 0 Å². The smallest absolute Gasteiger partial charge is 0.0553 e. The number of anilines is 6. The average molecular weight is 1020 g/mol. The van der Waals surface area contributed by atoms with Crippen molar-refractivity contribution in [2.75, 3.05) is 9.80 Å². The first-order valence-corrected chi connectivity index (χ1v) is 27.8. The van der Waals surface area contributed by atoms with Crippen LogP contribution in [0.3, 0.4) is 0 Å². The summed E-state index contributed by atoms with van der Waals surface area (Å²) in [6.45, 7) is 4.81. The van der Waals surface area contributed by atoms with Crippen molar-refractivity contribution in [3.05, 3.63) is 296 Å². The molecule has 1 aliphatic rings. The van der Waals surface area contributed by atoms with Crippen molar-refractivity contribution in [2.45, 2.75) is 19.3 Å². The van der Waals surface area contributed by atoms with Gasteiger partial charge in [-0.15, -0.1) is 0 Å². The van der Waals surface area contributed by atoms with E-state index in [-0.39, 0.29) is 5.41 Å². The number of aromatic nitrogens is 1. The van der Waals surface area contributed by atoms with Gasteiger partial charge in [0.2, 0.25) is 0 Å². The van der Waals surface area contributed by atoms with Gasteiger partial charge in [0.05, 0.1) is 11.0 Å². The topological polar surface area (TPSA) is 11.4 Å². The minimum Gasteiger partial charge on any atom is -0.311 e. The minimum absolute atomic E-state index is 0.280. The van der Waals surface area contributed by atoms with Crippen LogP contribution in [0.25, 0.3) is 104 Å². The third-order valence-electron chi connectivity index (χ3n) is 17.2. The molecule has 15 aromatic rings. The molecule has 16 rings (SSSR count). The van der Waals surface area contributed by atoms with Gasteiger partial charge in [0, 0.05) is 56.0 Å². The SMILES string of the molecule is CC1(C)c2cc(-c3ccc4c(c3)c3c5ccc6cccc7ccc(cc3n4-c3ccc4ccccc4c3)c5c76)ccc2-c2ccc(N(c3ccc(-c4ccccc4)cc3)c3ccc(N(c4ccccc4)c4ccccc4)cc3)cc21. The van der Waals surface area contributed by atoms with E-state index in [9.17, 15) is 0 Å². The van der Waals surface area contributed by atoms with Crippen LogP contribution in [0.4, 0.5) is 34.1 Å². The molecular formula is C77H53N3. The van der Waals surface area contributed by atoms with Gasteiger partial charge >= 0.3 is 0 Å². The normalized spacial score (nSPS) is 12.7. The molecular weight excluding hydrogens is 967 g/mol. The maximum atomic E-state index is 2.49. The van der Waals surface area contributed by atoms with Crippen LogP contribution < -0.4 is 9.80 Å². The summed E-state index contributed by atoms with van der Waals surface area (Å²) in [5.41, 5.74) is 20.0. The van der Waals surface area contributed by atoms with Gasteiger partial charge in [-0.25, -0.2) is 0 Å². The Kier molecular flexibility index (Phi) is 10.3. The molecule has 0 saturated carbocycles. The van der Waals surface area contributed by atoms with Gasteiger partial charge in [-0.2, -0.15) is 0 Å². The largest absolute Gasteiger partial charge is 0.311 e. The van der Waals surface area contributed by atoms with Gasteiger partial charge in [-0.3, -0.25) is 0 Å². The molecule has 0 saturated heterocycles. The molecule has 376 valence electrons. The Hall–Kier alpha value is -10.2. The summed E-state index contributed by atoms with van der Waals surface area (Å²) in [5, 5.41) is 12.8. The monoisotopic (exact) mass is 1020 g/mol. The van der Waals surface area contributed by atoms with E-state index in [0.29, 0.717) is 0 Å². The van der Waals surface area contributed by atoms with Crippen LogP contribution in [-0.4, -0.2) is 4.57 Å². The molecule has 0 aliphatic heterocycles. The molecule has 0 bridgehead atoms. The van der Waals surface area contributed by atoms with E-state index in [1.807, 2.05) is 0 Å². The van der Waals surface area contributed by atoms with Gasteiger partial charge < -0.3 is 14.4 Å². The van der Waals surface area contributed by atoms with E-state index >= 15 is 0 Å². The third-order valence-corrected chi connectivity index (χ3v) is 17.2. The summed E-state index contributed by atoms with van der Waals surface area (Å²) < 4.78 is 2.49. The summed E-state index contributed by atoms with van der Waals surface area (Å²) in [5.74, 6) is 0. The fourth-order valence-electron chi connectivity index (χ4n) is 13.4. The highest BCUT2D eigenvalue weighted by atomic mass is 15.2. The highest BCUT2D eigenvalue weighted by Gasteiger charge is 2.36. The first kappa shape index (κ1) is 45.9. The maximum Gasteiger partial charge on any atom is 0.0553 e. The van der Waals surface area contributed by atoms with Crippen molar-refractivity contribution >= 4 is 99.0 Å². The second-order valence-electron chi connectivity index (χ2n) is 22.1. The van der Waals surface area contributed by atoms with Crippen LogP contribution in [-0.2, 0) is 5.41 Å². The lowest BCUT2D eigenvalue weighted by Gasteiger charge is -2.29. The number of hydrogen-bond donors (Lipinski definition) is 0. The number of fused-ring (bicyclic) bond motifs is 8. The lowest BCUT2D eigenvalue weighted by molar-refractivity contribution is 0.660. The standard InChI is InChI=1S/C77H53N3/c1-77(2)70-47-57(56-32-44-72-69(46-56)76-68-42-30-54-20-14-19-53-25-26-58(75(68)74(53)54)48-73(76)80(72)64-35-29-51-17-12-13-18-55(51)45-64)31-41-66(70)67-43-40-65(49-71(67)77)79(61-33-27-52(28-34-61)50-15-6-3-7-16-50)63-38-36-62(37-39-63)78(59-21-8-4-9-22-59)60-23-10-5-11-24-60/h3-49H,1-2H3. The highest BCUT2D eigenvalue weighted by molar-refractivity contribution is 6.33. The third kappa shape index (κ3) is 7.21. The van der Waals surface area contributed by atoms with E-state index in [0.717, 1.165) is 34.1 Å². The van der Waals surface area contributed by atoms with E-state index in [2.05, 4.69) is 313 Å². The molecule has 0 spiro atoms. The van der Waals surface area contributed by atoms with Crippen molar-refractivity contribution in [1.29, 1.82) is 0 Å². The Balaban J connectivity index is 0.812. The number of para-hydroxylation sites is 2. The lowest BCUT2D eigenvalue weighted by Crippen LogP contribution is -2.17. The minimum atomic E-state index is -0.280. The van der Waals surface area contributed by atoms with Crippen molar-refractivity contribution in [2.24, 2.45) is 0 Å². The first-order chi connectivity index (χ1) is 39.4. The van der Waals surface area contributed by atoms with Gasteiger partial charge in [0.15, 0.2) is 0 Å². The first-order valence-electron chi connectivity index (χ1n) is 27.8. The van der Waals surface area contributed by atoms with Crippen LogP contribution in [0.1, 0.15) is 25.0 Å². The molecule has 80 heavy (non-hydrogen) atoms. The van der Waals surface area contributed by atoms with E-state index < -0.39 is 0 Å². The van der Waals surface area contributed by atoms with Crippen molar-refractivity contribution < 1.29 is 0 Å². The zero-order valence-electron chi connectivity index (χ0n) is 44.5. The molecule has 0 atom stereocenters. The number of nitrogens with zero attached hydrogens (tertiary/aromatic N) is 3. The zero-order chi connectivity index (χ0) is 53.1. The van der Waals surface area contributed by atoms with E-state index in [4.69, 9.17) is 0 Å². The summed E-state index contributed by atoms with van der Waals surface area (Å²) in [6, 6.07) is 105. The predicted octanol–water partition coefficient (Wildman–Crippen LogP) is 21.4. The molecule has 1 aliphatic carbocycles. The van der Waals surface area contributed by atoms with Crippen molar-refractivity contribution in [3.8, 4) is 39.1 Å². The van der Waals surface area contributed by atoms with Crippen LogP contribution in [0.2, 0.25) is 0 Å². The van der Waals surface area contributed by atoms with Crippen LogP contribution in [0, 0.1) is 0 Å².